The molecule has 0 aromatic heterocycles. The molecule has 138 valence electrons. The van der Waals surface area contributed by atoms with Gasteiger partial charge in [-0.25, -0.2) is 4.99 Å². The van der Waals surface area contributed by atoms with Crippen molar-refractivity contribution in [2.75, 3.05) is 32.4 Å². The second-order valence-electron chi connectivity index (χ2n) is 6.28. The highest BCUT2D eigenvalue weighted by molar-refractivity contribution is 7.98. The van der Waals surface area contributed by atoms with Crippen molar-refractivity contribution >= 4 is 23.6 Å². The summed E-state index contributed by atoms with van der Waals surface area (Å²) >= 11 is 1.75. The third kappa shape index (κ3) is 6.27. The summed E-state index contributed by atoms with van der Waals surface area (Å²) in [6.45, 7) is 8.03. The van der Waals surface area contributed by atoms with Gasteiger partial charge in [-0.1, -0.05) is 12.1 Å². The average Bonchev–Trinajstić information content (AvgIpc) is 3.15. The Hall–Kier alpha value is -1.69. The van der Waals surface area contributed by atoms with Crippen molar-refractivity contribution in [1.29, 1.82) is 0 Å². The summed E-state index contributed by atoms with van der Waals surface area (Å²) in [5.41, 5.74) is 2.49. The highest BCUT2D eigenvalue weighted by atomic mass is 32.2. The van der Waals surface area contributed by atoms with Crippen molar-refractivity contribution in [3.05, 3.63) is 29.3 Å². The zero-order valence-electron chi connectivity index (χ0n) is 15.6. The molecule has 2 N–H and O–H groups in total. The summed E-state index contributed by atoms with van der Waals surface area (Å²) < 4.78 is 0. The number of guanidine groups is 1. The van der Waals surface area contributed by atoms with Gasteiger partial charge < -0.3 is 15.5 Å². The molecule has 6 heteroatoms. The lowest BCUT2D eigenvalue weighted by molar-refractivity contribution is -0.129. The number of amides is 1. The first-order valence-corrected chi connectivity index (χ1v) is 10.3. The van der Waals surface area contributed by atoms with Crippen LogP contribution in [0, 0.1) is 6.92 Å². The maximum atomic E-state index is 12.1. The number of benzene rings is 1. The van der Waals surface area contributed by atoms with Gasteiger partial charge in [0, 0.05) is 37.5 Å². The normalized spacial score (nSPS) is 14.7. The third-order valence-corrected chi connectivity index (χ3v) is 5.10. The monoisotopic (exact) mass is 362 g/mol. The number of hydrogen-bond donors (Lipinski definition) is 2. The summed E-state index contributed by atoms with van der Waals surface area (Å²) in [5.74, 6) is 1.01. The molecule has 1 aliphatic rings. The highest BCUT2D eigenvalue weighted by Crippen LogP contribution is 2.22. The first-order valence-electron chi connectivity index (χ1n) is 9.07. The number of carbonyl (C=O) groups is 1. The zero-order valence-corrected chi connectivity index (χ0v) is 16.4. The Morgan fingerprint density at radius 3 is 2.72 bits per heavy atom. The maximum Gasteiger partial charge on any atom is 0.224 e. The molecule has 0 spiro atoms. The molecule has 1 amide bonds. The average molecular weight is 363 g/mol. The molecule has 0 saturated carbocycles. The molecule has 1 saturated heterocycles. The Balaban J connectivity index is 1.88. The van der Waals surface area contributed by atoms with Crippen LogP contribution >= 0.6 is 11.8 Å². The van der Waals surface area contributed by atoms with Gasteiger partial charge in [-0.3, -0.25) is 4.79 Å². The van der Waals surface area contributed by atoms with E-state index in [4.69, 9.17) is 0 Å². The van der Waals surface area contributed by atoms with E-state index < -0.39 is 0 Å². The van der Waals surface area contributed by atoms with Gasteiger partial charge in [0.1, 0.15) is 0 Å². The molecule has 0 aliphatic carbocycles. The molecule has 1 heterocycles. The fraction of sp³-hybridized carbons (Fsp3) is 0.579. The van der Waals surface area contributed by atoms with Crippen LogP contribution in [0.5, 0.6) is 0 Å². The number of hydrogen-bond acceptors (Lipinski definition) is 3. The Morgan fingerprint density at radius 1 is 1.28 bits per heavy atom. The quantitative estimate of drug-likeness (QED) is 0.445. The van der Waals surface area contributed by atoms with Crippen molar-refractivity contribution < 1.29 is 4.79 Å². The minimum atomic E-state index is 0.240. The predicted molar refractivity (Wildman–Crippen MR) is 106 cm³/mol. The van der Waals surface area contributed by atoms with Crippen molar-refractivity contribution in [2.45, 2.75) is 44.6 Å². The Labute approximate surface area is 155 Å². The highest BCUT2D eigenvalue weighted by Gasteiger charge is 2.17. The van der Waals surface area contributed by atoms with Crippen LogP contribution in [0.15, 0.2) is 28.1 Å². The second kappa shape index (κ2) is 10.3. The molecule has 0 atom stereocenters. The van der Waals surface area contributed by atoms with E-state index in [-0.39, 0.29) is 5.91 Å². The number of thioether (sulfide) groups is 1. The smallest absolute Gasteiger partial charge is 0.224 e. The Kier molecular flexibility index (Phi) is 8.12. The van der Waals surface area contributed by atoms with Gasteiger partial charge in [0.25, 0.3) is 0 Å². The Morgan fingerprint density at radius 2 is 2.04 bits per heavy atom. The van der Waals surface area contributed by atoms with Crippen LogP contribution in [0.25, 0.3) is 0 Å². The van der Waals surface area contributed by atoms with Gasteiger partial charge in [-0.05, 0) is 50.1 Å². The van der Waals surface area contributed by atoms with Gasteiger partial charge in [0.2, 0.25) is 5.91 Å². The molecule has 0 unspecified atom stereocenters. The summed E-state index contributed by atoms with van der Waals surface area (Å²) in [5, 5.41) is 6.53. The fourth-order valence-electron chi connectivity index (χ4n) is 2.90. The van der Waals surface area contributed by atoms with E-state index in [1.807, 2.05) is 11.8 Å². The van der Waals surface area contributed by atoms with E-state index in [1.54, 1.807) is 11.8 Å². The maximum absolute atomic E-state index is 12.1. The van der Waals surface area contributed by atoms with Gasteiger partial charge in [0.15, 0.2) is 5.96 Å². The van der Waals surface area contributed by atoms with Crippen LogP contribution in [0.2, 0.25) is 0 Å². The zero-order chi connectivity index (χ0) is 18.1. The van der Waals surface area contributed by atoms with Crippen LogP contribution in [-0.2, 0) is 11.3 Å². The van der Waals surface area contributed by atoms with E-state index in [1.165, 1.54) is 16.0 Å². The standard InChI is InChI=1S/C19H30N4OS/c1-4-20-19(21-10-9-18(24)23-11-5-6-12-23)22-14-16-8-7-15(2)13-17(16)25-3/h7-8,13H,4-6,9-12,14H2,1-3H3,(H2,20,21,22). The largest absolute Gasteiger partial charge is 0.357 e. The summed E-state index contributed by atoms with van der Waals surface area (Å²) in [6, 6.07) is 6.47. The first kappa shape index (κ1) is 19.6. The molecule has 0 bridgehead atoms. The van der Waals surface area contributed by atoms with Crippen LogP contribution in [-0.4, -0.2) is 49.2 Å². The summed E-state index contributed by atoms with van der Waals surface area (Å²) in [7, 11) is 0. The minimum absolute atomic E-state index is 0.240. The number of aryl methyl sites for hydroxylation is 1. The molecular formula is C19H30N4OS. The van der Waals surface area contributed by atoms with E-state index in [9.17, 15) is 4.79 Å². The van der Waals surface area contributed by atoms with Gasteiger partial charge in [0.05, 0.1) is 6.54 Å². The van der Waals surface area contributed by atoms with E-state index >= 15 is 0 Å². The molecule has 1 aromatic rings. The molecule has 25 heavy (non-hydrogen) atoms. The molecule has 2 rings (SSSR count). The van der Waals surface area contributed by atoms with Crippen LogP contribution in [0.1, 0.15) is 37.3 Å². The Bertz CT molecular complexity index is 597. The fourth-order valence-corrected chi connectivity index (χ4v) is 3.60. The summed E-state index contributed by atoms with van der Waals surface area (Å²) in [6.07, 6.45) is 4.88. The third-order valence-electron chi connectivity index (χ3n) is 4.28. The molecule has 5 nitrogen and oxygen atoms in total. The number of aliphatic imine (C=N–C) groups is 1. The SMILES string of the molecule is CCNC(=NCc1ccc(C)cc1SC)NCCC(=O)N1CCCC1. The van der Waals surface area contributed by atoms with Gasteiger partial charge >= 0.3 is 0 Å². The van der Waals surface area contributed by atoms with E-state index in [0.29, 0.717) is 19.5 Å². The van der Waals surface area contributed by atoms with Crippen LogP contribution in [0.4, 0.5) is 0 Å². The lowest BCUT2D eigenvalue weighted by atomic mass is 10.1. The second-order valence-corrected chi connectivity index (χ2v) is 7.12. The summed E-state index contributed by atoms with van der Waals surface area (Å²) in [4.78, 5) is 20.0. The number of nitrogens with zero attached hydrogens (tertiary/aromatic N) is 2. The number of likely N-dealkylation sites (tertiary alicyclic amines) is 1. The van der Waals surface area contributed by atoms with Crippen molar-refractivity contribution in [2.24, 2.45) is 4.99 Å². The van der Waals surface area contributed by atoms with Gasteiger partial charge in [-0.15, -0.1) is 11.8 Å². The predicted octanol–water partition coefficient (Wildman–Crippen LogP) is 2.78. The lowest BCUT2D eigenvalue weighted by Crippen LogP contribution is -2.39. The molecular weight excluding hydrogens is 332 g/mol. The molecule has 0 radical (unpaired) electrons. The van der Waals surface area contributed by atoms with Crippen LogP contribution < -0.4 is 10.6 Å². The molecule has 1 aromatic carbocycles. The van der Waals surface area contributed by atoms with E-state index in [0.717, 1.165) is 38.4 Å². The van der Waals surface area contributed by atoms with Gasteiger partial charge in [-0.2, -0.15) is 0 Å². The van der Waals surface area contributed by atoms with Crippen molar-refractivity contribution in [3.8, 4) is 0 Å². The number of carbonyl (C=O) groups excluding carboxylic acids is 1. The minimum Gasteiger partial charge on any atom is -0.357 e. The first-order chi connectivity index (χ1) is 12.1. The topological polar surface area (TPSA) is 56.7 Å². The van der Waals surface area contributed by atoms with E-state index in [2.05, 4.69) is 47.0 Å². The number of rotatable bonds is 7. The van der Waals surface area contributed by atoms with Crippen molar-refractivity contribution in [3.63, 3.8) is 0 Å². The van der Waals surface area contributed by atoms with Crippen molar-refractivity contribution in [1.82, 2.24) is 15.5 Å². The molecule has 1 fully saturated rings. The van der Waals surface area contributed by atoms with Crippen LogP contribution in [0.3, 0.4) is 0 Å². The lowest BCUT2D eigenvalue weighted by Gasteiger charge is -2.16. The number of nitrogens with one attached hydrogen (secondary N) is 2. The molecule has 1 aliphatic heterocycles.